The maximum absolute atomic E-state index is 3.76. The van der Waals surface area contributed by atoms with Gasteiger partial charge in [0.1, 0.15) is 0 Å². The van der Waals surface area contributed by atoms with Gasteiger partial charge in [0.2, 0.25) is 0 Å². The minimum Gasteiger partial charge on any atom is -0.311 e. The standard InChI is InChI=1S/C17H30N2S/c1-5-7-14-13-19(10-9-15-8-6-11-20-15)16(12-18-14)17(2,3)4/h6,8,11,14,16,18H,5,7,9-10,12-13H2,1-4H3. The van der Waals surface area contributed by atoms with Gasteiger partial charge in [-0.3, -0.25) is 4.90 Å². The van der Waals surface area contributed by atoms with E-state index in [4.69, 9.17) is 0 Å². The average Bonchev–Trinajstić information content (AvgIpc) is 2.88. The van der Waals surface area contributed by atoms with Crippen molar-refractivity contribution in [3.63, 3.8) is 0 Å². The zero-order chi connectivity index (χ0) is 14.6. The third-order valence-corrected chi connectivity index (χ3v) is 5.29. The monoisotopic (exact) mass is 294 g/mol. The van der Waals surface area contributed by atoms with E-state index in [2.05, 4.69) is 55.4 Å². The molecule has 0 radical (unpaired) electrons. The Labute approximate surface area is 128 Å². The summed E-state index contributed by atoms with van der Waals surface area (Å²) >= 11 is 1.89. The molecule has 0 bridgehead atoms. The van der Waals surface area contributed by atoms with Crippen molar-refractivity contribution in [2.75, 3.05) is 19.6 Å². The van der Waals surface area contributed by atoms with E-state index >= 15 is 0 Å². The van der Waals surface area contributed by atoms with Crippen molar-refractivity contribution in [3.8, 4) is 0 Å². The van der Waals surface area contributed by atoms with Crippen LogP contribution in [0.2, 0.25) is 0 Å². The molecule has 1 aliphatic rings. The normalized spacial score (nSPS) is 25.0. The number of nitrogens with zero attached hydrogens (tertiary/aromatic N) is 1. The summed E-state index contributed by atoms with van der Waals surface area (Å²) in [5, 5.41) is 5.95. The van der Waals surface area contributed by atoms with Gasteiger partial charge in [0.05, 0.1) is 0 Å². The molecule has 1 aromatic heterocycles. The third kappa shape index (κ3) is 4.31. The average molecular weight is 295 g/mol. The minimum atomic E-state index is 0.347. The van der Waals surface area contributed by atoms with Gasteiger partial charge in [-0.25, -0.2) is 0 Å². The topological polar surface area (TPSA) is 15.3 Å². The lowest BCUT2D eigenvalue weighted by molar-refractivity contribution is 0.0549. The van der Waals surface area contributed by atoms with Gasteiger partial charge >= 0.3 is 0 Å². The van der Waals surface area contributed by atoms with Gasteiger partial charge in [-0.05, 0) is 29.7 Å². The van der Waals surface area contributed by atoms with Crippen LogP contribution in [0.15, 0.2) is 17.5 Å². The van der Waals surface area contributed by atoms with Crippen molar-refractivity contribution >= 4 is 11.3 Å². The van der Waals surface area contributed by atoms with Gasteiger partial charge < -0.3 is 5.32 Å². The number of hydrogen-bond donors (Lipinski definition) is 1. The van der Waals surface area contributed by atoms with Crippen molar-refractivity contribution in [2.24, 2.45) is 5.41 Å². The summed E-state index contributed by atoms with van der Waals surface area (Å²) in [7, 11) is 0. The minimum absolute atomic E-state index is 0.347. The summed E-state index contributed by atoms with van der Waals surface area (Å²) in [4.78, 5) is 4.25. The van der Waals surface area contributed by atoms with Gasteiger partial charge in [0, 0.05) is 36.6 Å². The van der Waals surface area contributed by atoms with Crippen LogP contribution < -0.4 is 5.32 Å². The second-order valence-electron chi connectivity index (χ2n) is 7.10. The highest BCUT2D eigenvalue weighted by molar-refractivity contribution is 7.09. The van der Waals surface area contributed by atoms with Gasteiger partial charge in [-0.1, -0.05) is 40.2 Å². The lowest BCUT2D eigenvalue weighted by atomic mass is 9.83. The molecular formula is C17H30N2S. The number of piperazine rings is 1. The van der Waals surface area contributed by atoms with Crippen molar-refractivity contribution in [3.05, 3.63) is 22.4 Å². The maximum Gasteiger partial charge on any atom is 0.0269 e. The maximum atomic E-state index is 3.76. The first kappa shape index (κ1) is 16.0. The molecule has 0 aromatic carbocycles. The number of rotatable bonds is 5. The molecule has 1 aromatic rings. The van der Waals surface area contributed by atoms with Crippen LogP contribution in [0.1, 0.15) is 45.4 Å². The first-order chi connectivity index (χ1) is 9.50. The lowest BCUT2D eigenvalue weighted by Crippen LogP contribution is -2.60. The molecule has 20 heavy (non-hydrogen) atoms. The van der Waals surface area contributed by atoms with E-state index < -0.39 is 0 Å². The van der Waals surface area contributed by atoms with Crippen LogP contribution >= 0.6 is 11.3 Å². The SMILES string of the molecule is CCCC1CN(CCc2cccs2)C(C(C)(C)C)CN1. The molecule has 1 N–H and O–H groups in total. The molecule has 1 fully saturated rings. The zero-order valence-electron chi connectivity index (χ0n) is 13.5. The lowest BCUT2D eigenvalue weighted by Gasteiger charge is -2.46. The second kappa shape index (κ2) is 7.06. The Morgan fingerprint density at radius 2 is 2.20 bits per heavy atom. The summed E-state index contributed by atoms with van der Waals surface area (Å²) in [5.74, 6) is 0. The van der Waals surface area contributed by atoms with Gasteiger partial charge in [-0.15, -0.1) is 11.3 Å². The van der Waals surface area contributed by atoms with E-state index in [1.807, 2.05) is 11.3 Å². The Bertz CT molecular complexity index is 380. The predicted molar refractivity (Wildman–Crippen MR) is 89.5 cm³/mol. The largest absolute Gasteiger partial charge is 0.311 e. The van der Waals surface area contributed by atoms with Crippen molar-refractivity contribution < 1.29 is 0 Å². The Kier molecular flexibility index (Phi) is 5.65. The predicted octanol–water partition coefficient (Wildman–Crippen LogP) is 3.78. The zero-order valence-corrected chi connectivity index (χ0v) is 14.3. The summed E-state index contributed by atoms with van der Waals surface area (Å²) in [5.41, 5.74) is 0.347. The highest BCUT2D eigenvalue weighted by Gasteiger charge is 2.34. The van der Waals surface area contributed by atoms with E-state index in [0.717, 1.165) is 6.54 Å². The summed E-state index contributed by atoms with van der Waals surface area (Å²) in [6.07, 6.45) is 3.77. The highest BCUT2D eigenvalue weighted by atomic mass is 32.1. The molecule has 3 heteroatoms. The molecule has 2 unspecified atom stereocenters. The number of thiophene rings is 1. The molecule has 0 aliphatic carbocycles. The van der Waals surface area contributed by atoms with E-state index in [1.54, 1.807) is 0 Å². The van der Waals surface area contributed by atoms with Crippen LogP contribution in [0, 0.1) is 5.41 Å². The fraction of sp³-hybridized carbons (Fsp3) is 0.765. The summed E-state index contributed by atoms with van der Waals surface area (Å²) < 4.78 is 0. The number of hydrogen-bond acceptors (Lipinski definition) is 3. The third-order valence-electron chi connectivity index (χ3n) is 4.36. The summed E-state index contributed by atoms with van der Waals surface area (Å²) in [6, 6.07) is 5.76. The summed E-state index contributed by atoms with van der Waals surface area (Å²) in [6.45, 7) is 12.9. The van der Waals surface area contributed by atoms with Crippen molar-refractivity contribution in [1.82, 2.24) is 10.2 Å². The van der Waals surface area contributed by atoms with Crippen LogP contribution in [-0.4, -0.2) is 36.6 Å². The Hall–Kier alpha value is -0.380. The van der Waals surface area contributed by atoms with E-state index in [1.165, 1.54) is 37.2 Å². The van der Waals surface area contributed by atoms with Crippen molar-refractivity contribution in [1.29, 1.82) is 0 Å². The van der Waals surface area contributed by atoms with E-state index in [-0.39, 0.29) is 0 Å². The van der Waals surface area contributed by atoms with Crippen LogP contribution in [0.3, 0.4) is 0 Å². The molecule has 2 rings (SSSR count). The molecule has 2 atom stereocenters. The fourth-order valence-corrected chi connectivity index (χ4v) is 3.93. The van der Waals surface area contributed by atoms with Gasteiger partial charge in [0.15, 0.2) is 0 Å². The molecule has 0 spiro atoms. The van der Waals surface area contributed by atoms with Gasteiger partial charge in [0.25, 0.3) is 0 Å². The fourth-order valence-electron chi connectivity index (χ4n) is 3.23. The highest BCUT2D eigenvalue weighted by Crippen LogP contribution is 2.27. The Balaban J connectivity index is 1.97. The van der Waals surface area contributed by atoms with E-state index in [0.29, 0.717) is 17.5 Å². The first-order valence-electron chi connectivity index (χ1n) is 8.00. The molecular weight excluding hydrogens is 264 g/mol. The molecule has 2 nitrogen and oxygen atoms in total. The van der Waals surface area contributed by atoms with Crippen molar-refractivity contribution in [2.45, 2.75) is 59.0 Å². The molecule has 1 saturated heterocycles. The van der Waals surface area contributed by atoms with Crippen LogP contribution in [0.4, 0.5) is 0 Å². The molecule has 0 saturated carbocycles. The molecule has 114 valence electrons. The van der Waals surface area contributed by atoms with Gasteiger partial charge in [-0.2, -0.15) is 0 Å². The molecule has 2 heterocycles. The van der Waals surface area contributed by atoms with Crippen LogP contribution in [-0.2, 0) is 6.42 Å². The number of nitrogens with one attached hydrogen (secondary N) is 1. The smallest absolute Gasteiger partial charge is 0.0269 e. The molecule has 0 amide bonds. The Morgan fingerprint density at radius 3 is 2.80 bits per heavy atom. The van der Waals surface area contributed by atoms with Crippen LogP contribution in [0.25, 0.3) is 0 Å². The Morgan fingerprint density at radius 1 is 1.40 bits per heavy atom. The quantitative estimate of drug-likeness (QED) is 0.889. The van der Waals surface area contributed by atoms with Crippen LogP contribution in [0.5, 0.6) is 0 Å². The molecule has 1 aliphatic heterocycles. The second-order valence-corrected chi connectivity index (χ2v) is 8.13. The van der Waals surface area contributed by atoms with E-state index in [9.17, 15) is 0 Å². The first-order valence-corrected chi connectivity index (χ1v) is 8.88.